The van der Waals surface area contributed by atoms with Gasteiger partial charge in [-0.25, -0.2) is 0 Å². The number of anilines is 3. The van der Waals surface area contributed by atoms with Crippen LogP contribution in [-0.4, -0.2) is 4.57 Å². The van der Waals surface area contributed by atoms with Crippen LogP contribution < -0.4 is 4.90 Å². The van der Waals surface area contributed by atoms with Gasteiger partial charge in [-0.1, -0.05) is 170 Å². The van der Waals surface area contributed by atoms with Gasteiger partial charge in [0.15, 0.2) is 0 Å². The summed E-state index contributed by atoms with van der Waals surface area (Å²) in [5, 5.41) is 7.56. The molecule has 0 amide bonds. The van der Waals surface area contributed by atoms with Gasteiger partial charge in [0.25, 0.3) is 0 Å². The zero-order chi connectivity index (χ0) is 38.4. The predicted molar refractivity (Wildman–Crippen MR) is 247 cm³/mol. The molecule has 0 fully saturated rings. The monoisotopic (exact) mass is 738 g/mol. The number of hydrogen-bond acceptors (Lipinski definition) is 1. The summed E-state index contributed by atoms with van der Waals surface area (Å²) < 4.78 is 2.41. The first-order valence-corrected chi connectivity index (χ1v) is 19.9. The van der Waals surface area contributed by atoms with Crippen LogP contribution in [0.15, 0.2) is 231 Å². The first-order chi connectivity index (χ1) is 28.8. The van der Waals surface area contributed by atoms with Crippen LogP contribution >= 0.6 is 0 Å². The second-order valence-electron chi connectivity index (χ2n) is 14.9. The largest absolute Gasteiger partial charge is 0.310 e. The van der Waals surface area contributed by atoms with Gasteiger partial charge in [-0.15, -0.1) is 0 Å². The molecule has 10 aromatic carbocycles. The Hall–Kier alpha value is -7.68. The molecule has 2 heteroatoms. The third kappa shape index (κ3) is 5.74. The normalized spacial score (nSPS) is 11.4. The molecule has 1 heterocycles. The Bertz CT molecular complexity index is 3220. The lowest BCUT2D eigenvalue weighted by molar-refractivity contribution is 1.17. The van der Waals surface area contributed by atoms with E-state index in [-0.39, 0.29) is 0 Å². The minimum Gasteiger partial charge on any atom is -0.310 e. The highest BCUT2D eigenvalue weighted by Crippen LogP contribution is 2.45. The summed E-state index contributed by atoms with van der Waals surface area (Å²) in [6, 6.07) is 83.7. The lowest BCUT2D eigenvalue weighted by Crippen LogP contribution is -2.12. The highest BCUT2D eigenvalue weighted by atomic mass is 15.1. The molecule has 11 rings (SSSR count). The minimum atomic E-state index is 1.08. The smallest absolute Gasteiger partial charge is 0.0541 e. The quantitative estimate of drug-likeness (QED) is 0.148. The second-order valence-corrected chi connectivity index (χ2v) is 14.9. The van der Waals surface area contributed by atoms with Crippen molar-refractivity contribution in [1.29, 1.82) is 0 Å². The highest BCUT2D eigenvalue weighted by Gasteiger charge is 2.21. The van der Waals surface area contributed by atoms with Crippen LogP contribution in [0.25, 0.3) is 82.4 Å². The molecule has 0 saturated heterocycles. The maximum Gasteiger partial charge on any atom is 0.0541 e. The van der Waals surface area contributed by atoms with Gasteiger partial charge >= 0.3 is 0 Å². The molecule has 0 saturated carbocycles. The van der Waals surface area contributed by atoms with Gasteiger partial charge in [0.1, 0.15) is 0 Å². The molecule has 0 aliphatic heterocycles. The van der Waals surface area contributed by atoms with Crippen molar-refractivity contribution < 1.29 is 0 Å². The molecule has 272 valence electrons. The van der Waals surface area contributed by atoms with Crippen LogP contribution in [0.3, 0.4) is 0 Å². The van der Waals surface area contributed by atoms with Crippen LogP contribution in [0.5, 0.6) is 0 Å². The molecule has 0 bridgehead atoms. The zero-order valence-electron chi connectivity index (χ0n) is 31.8. The van der Waals surface area contributed by atoms with Crippen LogP contribution in [0.4, 0.5) is 17.1 Å². The van der Waals surface area contributed by atoms with E-state index in [4.69, 9.17) is 0 Å². The summed E-state index contributed by atoms with van der Waals surface area (Å²) in [5.41, 5.74) is 13.9. The summed E-state index contributed by atoms with van der Waals surface area (Å²) >= 11 is 0. The van der Waals surface area contributed by atoms with Crippen molar-refractivity contribution in [3.8, 4) is 39.1 Å². The molecule has 0 aliphatic rings. The fourth-order valence-electron chi connectivity index (χ4n) is 8.87. The molecule has 0 atom stereocenters. The first-order valence-electron chi connectivity index (χ1n) is 19.9. The van der Waals surface area contributed by atoms with E-state index in [0.29, 0.717) is 0 Å². The van der Waals surface area contributed by atoms with E-state index in [1.54, 1.807) is 0 Å². The number of fused-ring (bicyclic) bond motifs is 6. The van der Waals surface area contributed by atoms with Crippen molar-refractivity contribution in [3.05, 3.63) is 231 Å². The van der Waals surface area contributed by atoms with Gasteiger partial charge in [-0.2, -0.15) is 0 Å². The molecule has 1 aromatic heterocycles. The fraction of sp³-hybridized carbons (Fsp3) is 0. The molecule has 2 nitrogen and oxygen atoms in total. The molecular weight excluding hydrogens is 701 g/mol. The SMILES string of the molecule is c1ccc(-c2cccc(N(c3ccc(-c4cc5ccccc5c5ccccc45)cc3)c3ccc(-n4c5ccccc5c5ccccc54)cc3-c3ccccc3)c2)cc1. The zero-order valence-corrected chi connectivity index (χ0v) is 31.8. The Kier molecular flexibility index (Phi) is 8.19. The molecule has 0 spiro atoms. The average molecular weight is 739 g/mol. The van der Waals surface area contributed by atoms with Crippen molar-refractivity contribution in [2.45, 2.75) is 0 Å². The maximum absolute atomic E-state index is 2.42. The fourth-order valence-corrected chi connectivity index (χ4v) is 8.87. The maximum atomic E-state index is 2.42. The molecular formula is C56H38N2. The minimum absolute atomic E-state index is 1.08. The predicted octanol–water partition coefficient (Wildman–Crippen LogP) is 15.6. The molecule has 0 aliphatic carbocycles. The summed E-state index contributed by atoms with van der Waals surface area (Å²) in [6.07, 6.45) is 0. The summed E-state index contributed by atoms with van der Waals surface area (Å²) in [7, 11) is 0. The van der Waals surface area contributed by atoms with Gasteiger partial charge < -0.3 is 9.47 Å². The number of rotatable bonds is 7. The van der Waals surface area contributed by atoms with Crippen molar-refractivity contribution in [2.24, 2.45) is 0 Å². The number of para-hydroxylation sites is 2. The van der Waals surface area contributed by atoms with Crippen LogP contribution in [0.1, 0.15) is 0 Å². The van der Waals surface area contributed by atoms with Crippen LogP contribution in [0.2, 0.25) is 0 Å². The van der Waals surface area contributed by atoms with Gasteiger partial charge in [0, 0.05) is 33.4 Å². The lowest BCUT2D eigenvalue weighted by Gasteiger charge is -2.29. The molecule has 11 aromatic rings. The Morgan fingerprint density at radius 3 is 1.55 bits per heavy atom. The van der Waals surface area contributed by atoms with E-state index in [1.807, 2.05) is 0 Å². The lowest BCUT2D eigenvalue weighted by atomic mass is 9.93. The first kappa shape index (κ1) is 33.6. The van der Waals surface area contributed by atoms with E-state index in [1.165, 1.54) is 65.6 Å². The second kappa shape index (κ2) is 14.1. The Morgan fingerprint density at radius 2 is 0.845 bits per heavy atom. The number of hydrogen-bond donors (Lipinski definition) is 0. The van der Waals surface area contributed by atoms with Crippen molar-refractivity contribution in [2.75, 3.05) is 4.90 Å². The van der Waals surface area contributed by atoms with Crippen molar-refractivity contribution >= 4 is 60.4 Å². The number of aromatic nitrogens is 1. The van der Waals surface area contributed by atoms with E-state index in [9.17, 15) is 0 Å². The summed E-state index contributed by atoms with van der Waals surface area (Å²) in [5.74, 6) is 0. The van der Waals surface area contributed by atoms with E-state index < -0.39 is 0 Å². The molecule has 0 unspecified atom stereocenters. The van der Waals surface area contributed by atoms with E-state index in [2.05, 4.69) is 240 Å². The summed E-state index contributed by atoms with van der Waals surface area (Å²) in [6.45, 7) is 0. The summed E-state index contributed by atoms with van der Waals surface area (Å²) in [4.78, 5) is 2.42. The van der Waals surface area contributed by atoms with Gasteiger partial charge in [-0.05, 0) is 110 Å². The Morgan fingerprint density at radius 1 is 0.293 bits per heavy atom. The Labute approximate surface area is 338 Å². The van der Waals surface area contributed by atoms with Crippen LogP contribution in [0, 0.1) is 0 Å². The average Bonchev–Trinajstić information content (AvgIpc) is 3.64. The molecule has 0 radical (unpaired) electrons. The van der Waals surface area contributed by atoms with Gasteiger partial charge in [-0.3, -0.25) is 0 Å². The number of nitrogens with zero attached hydrogens (tertiary/aromatic N) is 2. The third-order valence-corrected chi connectivity index (χ3v) is 11.6. The van der Waals surface area contributed by atoms with Crippen LogP contribution in [-0.2, 0) is 0 Å². The molecule has 0 N–H and O–H groups in total. The molecule has 58 heavy (non-hydrogen) atoms. The van der Waals surface area contributed by atoms with Crippen molar-refractivity contribution in [3.63, 3.8) is 0 Å². The Balaban J connectivity index is 1.12. The van der Waals surface area contributed by atoms with Gasteiger partial charge in [0.05, 0.1) is 16.7 Å². The van der Waals surface area contributed by atoms with Crippen molar-refractivity contribution in [1.82, 2.24) is 4.57 Å². The van der Waals surface area contributed by atoms with E-state index >= 15 is 0 Å². The number of benzene rings is 10. The topological polar surface area (TPSA) is 8.17 Å². The van der Waals surface area contributed by atoms with E-state index in [0.717, 1.165) is 33.9 Å². The highest BCUT2D eigenvalue weighted by molar-refractivity contribution is 6.14. The van der Waals surface area contributed by atoms with Gasteiger partial charge in [0.2, 0.25) is 0 Å². The standard InChI is InChI=1S/C56H38N2/c1-3-16-39(17-4-1)42-21-15-22-45(36-42)57(44-32-30-41(31-33-44)52-37-43-20-7-8-23-47(43)48-24-9-10-25-49(48)52)56-35-34-46(38-53(56)40-18-5-2-6-19-40)58-54-28-13-11-26-50(54)51-27-12-14-29-55(51)58/h1-38H. The third-order valence-electron chi connectivity index (χ3n) is 11.6.